The molecule has 7 heteroatoms. The number of amides is 1. The van der Waals surface area contributed by atoms with Crippen molar-refractivity contribution in [3.8, 4) is 11.5 Å². The first kappa shape index (κ1) is 18.8. The number of benzene rings is 2. The molecule has 1 atom stereocenters. The molecule has 3 aromatic rings. The lowest BCUT2D eigenvalue weighted by Gasteiger charge is -2.26. The molecular formula is C21H18Cl2N2O3. The summed E-state index contributed by atoms with van der Waals surface area (Å²) in [6.07, 6.45) is 0.703. The molecule has 2 aromatic carbocycles. The Balaban J connectivity index is 1.51. The van der Waals surface area contributed by atoms with E-state index in [0.29, 0.717) is 34.3 Å². The number of carbonyl (C=O) groups excluding carboxylic acids is 1. The van der Waals surface area contributed by atoms with Gasteiger partial charge < -0.3 is 14.8 Å². The van der Waals surface area contributed by atoms with Gasteiger partial charge in [-0.15, -0.1) is 0 Å². The molecule has 0 spiro atoms. The summed E-state index contributed by atoms with van der Waals surface area (Å²) in [5.41, 5.74) is 2.31. The number of nitrogens with zero attached hydrogens (tertiary/aromatic N) is 1. The minimum absolute atomic E-state index is 0.112. The highest BCUT2D eigenvalue weighted by atomic mass is 35.5. The van der Waals surface area contributed by atoms with Crippen LogP contribution in [0.3, 0.4) is 0 Å². The van der Waals surface area contributed by atoms with Crippen molar-refractivity contribution >= 4 is 40.0 Å². The van der Waals surface area contributed by atoms with E-state index in [1.165, 1.54) is 0 Å². The molecule has 2 heterocycles. The molecule has 0 bridgehead atoms. The molecule has 1 aromatic heterocycles. The molecule has 0 saturated heterocycles. The van der Waals surface area contributed by atoms with Gasteiger partial charge in [-0.2, -0.15) is 0 Å². The summed E-state index contributed by atoms with van der Waals surface area (Å²) in [6, 6.07) is 12.9. The maximum atomic E-state index is 12.5. The number of hydrogen-bond acceptors (Lipinski definition) is 4. The van der Waals surface area contributed by atoms with Gasteiger partial charge in [0.25, 0.3) is 5.91 Å². The van der Waals surface area contributed by atoms with E-state index in [1.807, 2.05) is 43.3 Å². The van der Waals surface area contributed by atoms with Crippen LogP contribution in [0.15, 0.2) is 42.5 Å². The molecule has 1 amide bonds. The Morgan fingerprint density at radius 2 is 2.07 bits per heavy atom. The summed E-state index contributed by atoms with van der Waals surface area (Å²) in [6.45, 7) is 2.25. The number of nitrogens with one attached hydrogen (secondary N) is 1. The number of halogens is 2. The smallest absolute Gasteiger partial charge is 0.258 e. The minimum Gasteiger partial charge on any atom is -0.493 e. The van der Waals surface area contributed by atoms with Crippen LogP contribution in [0.4, 0.5) is 0 Å². The third-order valence-corrected chi connectivity index (χ3v) is 5.21. The maximum Gasteiger partial charge on any atom is 0.258 e. The number of carbonyl (C=O) groups is 1. The average Bonchev–Trinajstić information content (AvgIpc) is 2.68. The summed E-state index contributed by atoms with van der Waals surface area (Å²) in [4.78, 5) is 17.0. The summed E-state index contributed by atoms with van der Waals surface area (Å²) in [7, 11) is 0. The molecule has 1 N–H and O–H groups in total. The van der Waals surface area contributed by atoms with Crippen LogP contribution in [-0.4, -0.2) is 24.1 Å². The van der Waals surface area contributed by atoms with Crippen molar-refractivity contribution in [1.82, 2.24) is 10.3 Å². The number of ether oxygens (including phenoxy) is 2. The number of fused-ring (bicyclic) bond motifs is 2. The second-order valence-electron chi connectivity index (χ2n) is 6.60. The highest BCUT2D eigenvalue weighted by Crippen LogP contribution is 2.37. The van der Waals surface area contributed by atoms with Gasteiger partial charge in [0.05, 0.1) is 22.7 Å². The fourth-order valence-electron chi connectivity index (χ4n) is 3.29. The van der Waals surface area contributed by atoms with E-state index in [0.717, 1.165) is 22.4 Å². The van der Waals surface area contributed by atoms with E-state index in [-0.39, 0.29) is 18.6 Å². The normalized spacial score (nSPS) is 15.6. The van der Waals surface area contributed by atoms with Crippen molar-refractivity contribution in [3.05, 3.63) is 63.8 Å². The molecule has 0 saturated carbocycles. The zero-order valence-electron chi connectivity index (χ0n) is 15.2. The third kappa shape index (κ3) is 3.73. The lowest BCUT2D eigenvalue weighted by Crippen LogP contribution is -2.35. The van der Waals surface area contributed by atoms with E-state index < -0.39 is 0 Å². The van der Waals surface area contributed by atoms with E-state index >= 15 is 0 Å². The van der Waals surface area contributed by atoms with Crippen molar-refractivity contribution in [2.75, 3.05) is 13.2 Å². The third-order valence-electron chi connectivity index (χ3n) is 4.62. The molecule has 1 aliphatic rings. The molecule has 4 rings (SSSR count). The molecule has 1 aliphatic heterocycles. The average molecular weight is 417 g/mol. The van der Waals surface area contributed by atoms with Crippen molar-refractivity contribution in [3.63, 3.8) is 0 Å². The van der Waals surface area contributed by atoms with Crippen molar-refractivity contribution in [2.24, 2.45) is 0 Å². The van der Waals surface area contributed by atoms with Gasteiger partial charge in [0.15, 0.2) is 12.4 Å². The first-order valence-electron chi connectivity index (χ1n) is 8.92. The van der Waals surface area contributed by atoms with Gasteiger partial charge in [0, 0.05) is 23.1 Å². The van der Waals surface area contributed by atoms with E-state index in [9.17, 15) is 4.79 Å². The Bertz CT molecular complexity index is 1060. The van der Waals surface area contributed by atoms with Gasteiger partial charge in [-0.1, -0.05) is 41.4 Å². The van der Waals surface area contributed by atoms with Crippen LogP contribution in [0, 0.1) is 6.92 Å². The zero-order valence-corrected chi connectivity index (χ0v) is 16.7. The number of hydrogen-bond donors (Lipinski definition) is 1. The lowest BCUT2D eigenvalue weighted by atomic mass is 10.0. The first-order valence-corrected chi connectivity index (χ1v) is 9.68. The van der Waals surface area contributed by atoms with E-state index in [4.69, 9.17) is 32.7 Å². The monoisotopic (exact) mass is 416 g/mol. The van der Waals surface area contributed by atoms with Crippen LogP contribution < -0.4 is 14.8 Å². The summed E-state index contributed by atoms with van der Waals surface area (Å²) in [5, 5.41) is 4.54. The second-order valence-corrected chi connectivity index (χ2v) is 7.42. The van der Waals surface area contributed by atoms with Crippen molar-refractivity contribution < 1.29 is 14.3 Å². The van der Waals surface area contributed by atoms with Gasteiger partial charge in [-0.05, 0) is 31.2 Å². The van der Waals surface area contributed by atoms with Gasteiger partial charge in [-0.25, -0.2) is 4.98 Å². The zero-order chi connectivity index (χ0) is 19.7. The van der Waals surface area contributed by atoms with Crippen LogP contribution in [0.2, 0.25) is 10.0 Å². The summed E-state index contributed by atoms with van der Waals surface area (Å²) >= 11 is 12.6. The number of aryl methyl sites for hydroxylation is 1. The van der Waals surface area contributed by atoms with E-state index in [2.05, 4.69) is 10.3 Å². The molecule has 5 nitrogen and oxygen atoms in total. The highest BCUT2D eigenvalue weighted by Gasteiger charge is 2.23. The number of aromatic nitrogens is 1. The summed E-state index contributed by atoms with van der Waals surface area (Å²) < 4.78 is 11.4. The topological polar surface area (TPSA) is 60.5 Å². The van der Waals surface area contributed by atoms with Gasteiger partial charge in [0.1, 0.15) is 11.3 Å². The molecule has 0 aliphatic carbocycles. The van der Waals surface area contributed by atoms with Gasteiger partial charge >= 0.3 is 0 Å². The number of para-hydroxylation sites is 1. The maximum absolute atomic E-state index is 12.5. The molecule has 144 valence electrons. The highest BCUT2D eigenvalue weighted by molar-refractivity contribution is 6.39. The fourth-order valence-corrected chi connectivity index (χ4v) is 3.86. The standard InChI is InChI=1S/C21H18Cl2N2O3/c1-12-6-7-13-15(22)10-16(23)21(20(13)24-12)28-11-19(26)25-17-8-9-27-18-5-3-2-4-14(17)18/h2-7,10,17H,8-9,11H2,1H3,(H,25,26)/t17-/m0/s1. The Labute approximate surface area is 172 Å². The minimum atomic E-state index is -0.242. The molecule has 0 unspecified atom stereocenters. The second kappa shape index (κ2) is 7.86. The lowest BCUT2D eigenvalue weighted by molar-refractivity contribution is -0.124. The molecule has 0 fully saturated rings. The van der Waals surface area contributed by atoms with Crippen molar-refractivity contribution in [2.45, 2.75) is 19.4 Å². The molecular weight excluding hydrogens is 399 g/mol. The summed E-state index contributed by atoms with van der Waals surface area (Å²) in [5.74, 6) is 0.909. The van der Waals surface area contributed by atoms with Gasteiger partial charge in [-0.3, -0.25) is 4.79 Å². The number of rotatable bonds is 4. The van der Waals surface area contributed by atoms with Crippen molar-refractivity contribution in [1.29, 1.82) is 0 Å². The Morgan fingerprint density at radius 1 is 1.25 bits per heavy atom. The van der Waals surface area contributed by atoms with Crippen LogP contribution in [0.5, 0.6) is 11.5 Å². The quantitative estimate of drug-likeness (QED) is 0.658. The largest absolute Gasteiger partial charge is 0.493 e. The Kier molecular flexibility index (Phi) is 5.29. The van der Waals surface area contributed by atoms with Crippen LogP contribution in [0.25, 0.3) is 10.9 Å². The van der Waals surface area contributed by atoms with Gasteiger partial charge in [0.2, 0.25) is 0 Å². The first-order chi connectivity index (χ1) is 13.5. The predicted octanol–water partition coefficient (Wildman–Crippen LogP) is 4.87. The number of pyridine rings is 1. The fraction of sp³-hybridized carbons (Fsp3) is 0.238. The molecule has 28 heavy (non-hydrogen) atoms. The van der Waals surface area contributed by atoms with Crippen LogP contribution >= 0.6 is 23.2 Å². The van der Waals surface area contributed by atoms with E-state index in [1.54, 1.807) is 6.07 Å². The Hall–Kier alpha value is -2.50. The van der Waals surface area contributed by atoms with Crippen LogP contribution in [0.1, 0.15) is 23.7 Å². The predicted molar refractivity (Wildman–Crippen MR) is 109 cm³/mol. The Morgan fingerprint density at radius 3 is 2.93 bits per heavy atom. The van der Waals surface area contributed by atoms with Crippen LogP contribution in [-0.2, 0) is 4.79 Å². The SMILES string of the molecule is Cc1ccc2c(Cl)cc(Cl)c(OCC(=O)N[C@H]3CCOc4ccccc43)c2n1. The molecule has 0 radical (unpaired) electrons.